The van der Waals surface area contributed by atoms with E-state index in [0.29, 0.717) is 12.2 Å². The normalized spacial score (nSPS) is 11.6. The molecule has 2 aromatic carbocycles. The first-order valence-electron chi connectivity index (χ1n) is 8.14. The fraction of sp³-hybridized carbons (Fsp3) is 0.368. The molecule has 0 aliphatic rings. The van der Waals surface area contributed by atoms with Crippen LogP contribution in [0, 0.1) is 13.8 Å². The first-order chi connectivity index (χ1) is 11.4. The second-order valence-electron chi connectivity index (χ2n) is 5.98. The molecule has 0 aromatic heterocycles. The number of aromatic hydroxyl groups is 1. The van der Waals surface area contributed by atoms with Gasteiger partial charge in [-0.3, -0.25) is 4.18 Å². The summed E-state index contributed by atoms with van der Waals surface area (Å²) >= 11 is 0. The van der Waals surface area contributed by atoms with E-state index in [2.05, 4.69) is 0 Å². The van der Waals surface area contributed by atoms with E-state index >= 15 is 0 Å². The van der Waals surface area contributed by atoms with Gasteiger partial charge < -0.3 is 5.11 Å². The van der Waals surface area contributed by atoms with E-state index in [-0.39, 0.29) is 11.5 Å². The van der Waals surface area contributed by atoms with E-state index in [4.69, 9.17) is 4.18 Å². The van der Waals surface area contributed by atoms with Crippen LogP contribution in [0.15, 0.2) is 47.4 Å². The number of phenols is 1. The number of hydrogen-bond acceptors (Lipinski definition) is 4. The smallest absolute Gasteiger partial charge is 0.296 e. The van der Waals surface area contributed by atoms with Crippen LogP contribution >= 0.6 is 0 Å². The van der Waals surface area contributed by atoms with Gasteiger partial charge in [0.05, 0.1) is 11.5 Å². The maximum atomic E-state index is 12.0. The van der Waals surface area contributed by atoms with E-state index in [1.54, 1.807) is 24.3 Å². The van der Waals surface area contributed by atoms with Crippen LogP contribution < -0.4 is 0 Å². The molecule has 0 bridgehead atoms. The second-order valence-corrected chi connectivity index (χ2v) is 7.60. The van der Waals surface area contributed by atoms with Crippen molar-refractivity contribution in [3.8, 4) is 5.75 Å². The van der Waals surface area contributed by atoms with Gasteiger partial charge in [0.1, 0.15) is 5.75 Å². The fourth-order valence-electron chi connectivity index (χ4n) is 2.46. The summed E-state index contributed by atoms with van der Waals surface area (Å²) in [5.74, 6) is 0.357. The lowest BCUT2D eigenvalue weighted by molar-refractivity contribution is 0.307. The van der Waals surface area contributed by atoms with Crippen LogP contribution in [0.4, 0.5) is 0 Å². The third-order valence-corrected chi connectivity index (χ3v) is 5.29. The standard InChI is InChI=1S/C19H24O4S/c1-15-10-12-18(13-11-15)24(21,22)23-14-5-3-4-8-17-9-6-7-16(2)19(17)20/h6-7,9-13,20H,3-5,8,14H2,1-2H3. The average molecular weight is 348 g/mol. The Morgan fingerprint density at radius 1 is 0.958 bits per heavy atom. The predicted molar refractivity (Wildman–Crippen MR) is 94.7 cm³/mol. The Kier molecular flexibility index (Phi) is 6.40. The Bertz CT molecular complexity index is 764. The molecule has 1 N–H and O–H groups in total. The highest BCUT2D eigenvalue weighted by molar-refractivity contribution is 7.86. The monoisotopic (exact) mass is 348 g/mol. The zero-order chi connectivity index (χ0) is 17.6. The minimum Gasteiger partial charge on any atom is -0.507 e. The molecule has 0 spiro atoms. The van der Waals surface area contributed by atoms with Crippen molar-refractivity contribution in [3.05, 3.63) is 59.2 Å². The molecule has 0 saturated carbocycles. The minimum absolute atomic E-state index is 0.177. The lowest BCUT2D eigenvalue weighted by atomic mass is 10.0. The Hall–Kier alpha value is -1.85. The Morgan fingerprint density at radius 3 is 2.38 bits per heavy atom. The molecule has 4 nitrogen and oxygen atoms in total. The van der Waals surface area contributed by atoms with Gasteiger partial charge in [0.2, 0.25) is 0 Å². The van der Waals surface area contributed by atoms with Crippen LogP contribution in [-0.4, -0.2) is 20.1 Å². The molecule has 0 aliphatic heterocycles. The van der Waals surface area contributed by atoms with Crippen molar-refractivity contribution in [2.24, 2.45) is 0 Å². The highest BCUT2D eigenvalue weighted by atomic mass is 32.2. The van der Waals surface area contributed by atoms with Crippen LogP contribution in [0.5, 0.6) is 5.75 Å². The van der Waals surface area contributed by atoms with Crippen molar-refractivity contribution in [1.82, 2.24) is 0 Å². The van der Waals surface area contributed by atoms with Gasteiger partial charge in [-0.2, -0.15) is 8.42 Å². The molecule has 0 unspecified atom stereocenters. The molecule has 2 aromatic rings. The summed E-state index contributed by atoms with van der Waals surface area (Å²) < 4.78 is 29.1. The molecule has 0 atom stereocenters. The van der Waals surface area contributed by atoms with E-state index in [1.807, 2.05) is 32.0 Å². The van der Waals surface area contributed by atoms with Crippen LogP contribution in [0.3, 0.4) is 0 Å². The van der Waals surface area contributed by atoms with Gasteiger partial charge in [0.15, 0.2) is 0 Å². The van der Waals surface area contributed by atoms with Crippen molar-refractivity contribution >= 4 is 10.1 Å². The largest absolute Gasteiger partial charge is 0.507 e. The molecule has 2 rings (SSSR count). The Morgan fingerprint density at radius 2 is 1.67 bits per heavy atom. The molecule has 24 heavy (non-hydrogen) atoms. The molecule has 0 aliphatic carbocycles. The number of phenolic OH excluding ortho intramolecular Hbond substituents is 1. The van der Waals surface area contributed by atoms with E-state index in [9.17, 15) is 13.5 Å². The summed E-state index contributed by atoms with van der Waals surface area (Å²) in [6.45, 7) is 3.96. The van der Waals surface area contributed by atoms with Crippen molar-refractivity contribution in [2.45, 2.75) is 44.4 Å². The van der Waals surface area contributed by atoms with Crippen molar-refractivity contribution < 1.29 is 17.7 Å². The first kappa shape index (κ1) is 18.5. The molecule has 0 saturated heterocycles. The van der Waals surface area contributed by atoms with Gasteiger partial charge in [-0.1, -0.05) is 42.3 Å². The van der Waals surface area contributed by atoms with Gasteiger partial charge >= 0.3 is 0 Å². The summed E-state index contributed by atoms with van der Waals surface area (Å²) in [5, 5.41) is 9.95. The predicted octanol–water partition coefficient (Wildman–Crippen LogP) is 4.13. The van der Waals surface area contributed by atoms with Gasteiger partial charge in [-0.05, 0) is 56.4 Å². The summed E-state index contributed by atoms with van der Waals surface area (Å²) in [7, 11) is -3.67. The Labute approximate surface area is 144 Å². The van der Waals surface area contributed by atoms with Gasteiger partial charge in [-0.15, -0.1) is 0 Å². The zero-order valence-electron chi connectivity index (χ0n) is 14.2. The van der Waals surface area contributed by atoms with Crippen LogP contribution in [-0.2, 0) is 20.7 Å². The molecule has 0 heterocycles. The van der Waals surface area contributed by atoms with Gasteiger partial charge in [0, 0.05) is 0 Å². The number of para-hydroxylation sites is 1. The number of rotatable bonds is 8. The third-order valence-electron chi connectivity index (χ3n) is 3.96. The summed E-state index contributed by atoms with van der Waals surface area (Å²) in [5.41, 5.74) is 2.82. The lowest BCUT2D eigenvalue weighted by Gasteiger charge is -2.08. The first-order valence-corrected chi connectivity index (χ1v) is 9.54. The molecule has 0 fully saturated rings. The highest BCUT2D eigenvalue weighted by Gasteiger charge is 2.14. The maximum Gasteiger partial charge on any atom is 0.296 e. The summed E-state index contributed by atoms with van der Waals surface area (Å²) in [4.78, 5) is 0.192. The highest BCUT2D eigenvalue weighted by Crippen LogP contribution is 2.23. The second kappa shape index (κ2) is 8.31. The zero-order valence-corrected chi connectivity index (χ0v) is 15.0. The molecular weight excluding hydrogens is 324 g/mol. The molecule has 0 amide bonds. The SMILES string of the molecule is Cc1ccc(S(=O)(=O)OCCCCCc2cccc(C)c2O)cc1. The third kappa shape index (κ3) is 5.08. The van der Waals surface area contributed by atoms with Crippen LogP contribution in [0.1, 0.15) is 36.0 Å². The maximum absolute atomic E-state index is 12.0. The van der Waals surface area contributed by atoms with Crippen molar-refractivity contribution in [3.63, 3.8) is 0 Å². The average Bonchev–Trinajstić information content (AvgIpc) is 2.55. The van der Waals surface area contributed by atoms with Crippen molar-refractivity contribution in [2.75, 3.05) is 6.61 Å². The number of hydrogen-bond donors (Lipinski definition) is 1. The molecular formula is C19H24O4S. The van der Waals surface area contributed by atoms with E-state index < -0.39 is 10.1 Å². The number of benzene rings is 2. The summed E-state index contributed by atoms with van der Waals surface area (Å²) in [6, 6.07) is 12.4. The lowest BCUT2D eigenvalue weighted by Crippen LogP contribution is -2.07. The molecule has 130 valence electrons. The molecule has 0 radical (unpaired) electrons. The van der Waals surface area contributed by atoms with Crippen LogP contribution in [0.2, 0.25) is 0 Å². The number of unbranched alkanes of at least 4 members (excludes halogenated alkanes) is 2. The van der Waals surface area contributed by atoms with Crippen LogP contribution in [0.25, 0.3) is 0 Å². The van der Waals surface area contributed by atoms with E-state index in [1.165, 1.54) is 0 Å². The topological polar surface area (TPSA) is 63.6 Å². The van der Waals surface area contributed by atoms with Gasteiger partial charge in [-0.25, -0.2) is 0 Å². The Balaban J connectivity index is 1.73. The molecule has 5 heteroatoms. The van der Waals surface area contributed by atoms with Gasteiger partial charge in [0.25, 0.3) is 10.1 Å². The number of aryl methyl sites for hydroxylation is 3. The summed E-state index contributed by atoms with van der Waals surface area (Å²) in [6.07, 6.45) is 3.16. The van der Waals surface area contributed by atoms with Crippen molar-refractivity contribution in [1.29, 1.82) is 0 Å². The van der Waals surface area contributed by atoms with E-state index in [0.717, 1.165) is 36.0 Å². The fourth-order valence-corrected chi connectivity index (χ4v) is 3.40. The minimum atomic E-state index is -3.67. The quantitative estimate of drug-likeness (QED) is 0.575.